The molecule has 1 atom stereocenters. The normalized spacial score (nSPS) is 17.2. The van der Waals surface area contributed by atoms with Gasteiger partial charge in [0.15, 0.2) is 0 Å². The van der Waals surface area contributed by atoms with Crippen LogP contribution in [0.4, 0.5) is 0 Å². The Labute approximate surface area is 209 Å². The zero-order valence-corrected chi connectivity index (χ0v) is 20.6. The van der Waals surface area contributed by atoms with Crippen molar-refractivity contribution in [3.8, 4) is 5.88 Å². The second-order valence-electron chi connectivity index (χ2n) is 8.61. The monoisotopic (exact) mass is 506 g/mol. The number of pyridine rings is 1. The summed E-state index contributed by atoms with van der Waals surface area (Å²) in [6.07, 6.45) is 1.16. The summed E-state index contributed by atoms with van der Waals surface area (Å²) in [6, 6.07) is 22.9. The number of nitrogens with zero attached hydrogens (tertiary/aromatic N) is 1. The van der Waals surface area contributed by atoms with Crippen LogP contribution in [-0.2, 0) is 33.1 Å². The predicted octanol–water partition coefficient (Wildman–Crippen LogP) is 4.83. The molecule has 0 saturated carbocycles. The van der Waals surface area contributed by atoms with Crippen LogP contribution in [0.25, 0.3) is 10.8 Å². The van der Waals surface area contributed by atoms with E-state index in [1.165, 1.54) is 13.2 Å². The van der Waals surface area contributed by atoms with Gasteiger partial charge in [-0.2, -0.15) is 0 Å². The van der Waals surface area contributed by atoms with Crippen LogP contribution >= 0.6 is 11.6 Å². The summed E-state index contributed by atoms with van der Waals surface area (Å²) < 4.78 is 34.6. The molecule has 0 bridgehead atoms. The number of aromatic nitrogens is 1. The van der Waals surface area contributed by atoms with E-state index in [4.69, 9.17) is 16.3 Å². The van der Waals surface area contributed by atoms with Crippen molar-refractivity contribution in [2.45, 2.75) is 29.6 Å². The number of methoxy groups -OCH3 is 1. The van der Waals surface area contributed by atoms with E-state index in [0.29, 0.717) is 34.8 Å². The van der Waals surface area contributed by atoms with Crippen molar-refractivity contribution in [1.29, 1.82) is 0 Å². The summed E-state index contributed by atoms with van der Waals surface area (Å²) >= 11 is 6.46. The fourth-order valence-corrected chi connectivity index (χ4v) is 6.47. The average molecular weight is 507 g/mol. The average Bonchev–Trinajstić information content (AvgIpc) is 3.24. The molecule has 1 unspecified atom stereocenters. The van der Waals surface area contributed by atoms with E-state index in [0.717, 1.165) is 16.5 Å². The third-order valence-corrected chi connectivity index (χ3v) is 8.35. The number of halogens is 1. The molecule has 5 rings (SSSR count). The second-order valence-corrected chi connectivity index (χ2v) is 10.7. The van der Waals surface area contributed by atoms with Crippen LogP contribution < -0.4 is 9.46 Å². The van der Waals surface area contributed by atoms with Gasteiger partial charge in [-0.1, -0.05) is 66.2 Å². The number of carbonyl (C=O) groups is 1. The number of hydrogen-bond acceptors (Lipinski definition) is 5. The molecule has 1 amide bonds. The van der Waals surface area contributed by atoms with Gasteiger partial charge in [0.05, 0.1) is 17.4 Å². The van der Waals surface area contributed by atoms with Crippen LogP contribution in [0.3, 0.4) is 0 Å². The summed E-state index contributed by atoms with van der Waals surface area (Å²) in [5.74, 6) is -0.179. The predicted molar refractivity (Wildman–Crippen MR) is 135 cm³/mol. The Kier molecular flexibility index (Phi) is 5.99. The van der Waals surface area contributed by atoms with Crippen molar-refractivity contribution in [1.82, 2.24) is 9.71 Å². The molecule has 178 valence electrons. The molecule has 1 N–H and O–H groups in total. The van der Waals surface area contributed by atoms with Crippen LogP contribution in [0.15, 0.2) is 83.8 Å². The molecular formula is C27H23ClN2O4S. The summed E-state index contributed by atoms with van der Waals surface area (Å²) in [4.78, 5) is 18.5. The first-order chi connectivity index (χ1) is 16.8. The van der Waals surface area contributed by atoms with Crippen LogP contribution in [-0.4, -0.2) is 26.4 Å². The maximum Gasteiger partial charge on any atom is 0.264 e. The molecule has 0 radical (unpaired) electrons. The minimum Gasteiger partial charge on any atom is -0.481 e. The largest absolute Gasteiger partial charge is 0.481 e. The number of amides is 1. The third kappa shape index (κ3) is 4.15. The van der Waals surface area contributed by atoms with Crippen LogP contribution in [0, 0.1) is 0 Å². The standard InChI is InChI=1S/C27H23ClN2O4S/c1-34-25-14-5-9-19(29-25)17-27(16-15-21-22(27)11-6-12-23(21)28)26(31)30-35(32,33)24-13-4-8-18-7-2-3-10-20(18)24/h2-14H,15-17H2,1H3,(H,30,31). The fourth-order valence-electron chi connectivity index (χ4n) is 4.92. The highest BCUT2D eigenvalue weighted by atomic mass is 35.5. The van der Waals surface area contributed by atoms with Crippen LogP contribution in [0.5, 0.6) is 5.88 Å². The van der Waals surface area contributed by atoms with Gasteiger partial charge in [0.2, 0.25) is 11.8 Å². The Bertz CT molecular complexity index is 1550. The minimum absolute atomic E-state index is 0.0583. The van der Waals surface area contributed by atoms with Crippen molar-refractivity contribution < 1.29 is 17.9 Å². The molecule has 1 aromatic heterocycles. The lowest BCUT2D eigenvalue weighted by atomic mass is 9.77. The maximum atomic E-state index is 13.9. The minimum atomic E-state index is -4.16. The van der Waals surface area contributed by atoms with E-state index in [1.807, 2.05) is 24.3 Å². The number of carbonyl (C=O) groups excluding carboxylic acids is 1. The lowest BCUT2D eigenvalue weighted by Crippen LogP contribution is -2.47. The third-order valence-electron chi connectivity index (χ3n) is 6.61. The molecule has 1 aliphatic carbocycles. The Balaban J connectivity index is 1.58. The number of hydrogen-bond donors (Lipinski definition) is 1. The highest BCUT2D eigenvalue weighted by molar-refractivity contribution is 7.90. The number of rotatable bonds is 6. The van der Waals surface area contributed by atoms with Gasteiger partial charge in [-0.3, -0.25) is 4.79 Å². The van der Waals surface area contributed by atoms with Gasteiger partial charge in [-0.15, -0.1) is 0 Å². The fraction of sp³-hybridized carbons (Fsp3) is 0.185. The summed E-state index contributed by atoms with van der Waals surface area (Å²) in [5, 5.41) is 1.89. The lowest BCUT2D eigenvalue weighted by Gasteiger charge is -2.29. The molecule has 4 aromatic rings. The first kappa shape index (κ1) is 23.3. The van der Waals surface area contributed by atoms with Gasteiger partial charge in [-0.05, 0) is 47.6 Å². The second kappa shape index (κ2) is 8.98. The number of ether oxygens (including phenoxy) is 1. The zero-order chi connectivity index (χ0) is 24.6. The summed E-state index contributed by atoms with van der Waals surface area (Å²) in [7, 11) is -2.63. The Hall–Kier alpha value is -3.42. The highest BCUT2D eigenvalue weighted by Gasteiger charge is 2.47. The van der Waals surface area contributed by atoms with E-state index in [-0.39, 0.29) is 11.3 Å². The molecule has 35 heavy (non-hydrogen) atoms. The van der Waals surface area contributed by atoms with E-state index in [9.17, 15) is 13.2 Å². The molecular weight excluding hydrogens is 484 g/mol. The first-order valence-corrected chi connectivity index (χ1v) is 13.0. The molecule has 6 nitrogen and oxygen atoms in total. The molecule has 1 heterocycles. The number of sulfonamides is 1. The summed E-state index contributed by atoms with van der Waals surface area (Å²) in [6.45, 7) is 0. The lowest BCUT2D eigenvalue weighted by molar-refractivity contribution is -0.125. The topological polar surface area (TPSA) is 85.4 Å². The zero-order valence-electron chi connectivity index (χ0n) is 19.0. The van der Waals surface area contributed by atoms with E-state index >= 15 is 0 Å². The SMILES string of the molecule is COc1cccc(CC2(C(=O)NS(=O)(=O)c3cccc4ccccc34)CCc3c(Cl)cccc32)n1. The van der Waals surface area contributed by atoms with E-state index < -0.39 is 21.3 Å². The van der Waals surface area contributed by atoms with Gasteiger partial charge in [0.1, 0.15) is 0 Å². The van der Waals surface area contributed by atoms with Gasteiger partial charge in [0, 0.05) is 28.6 Å². The smallest absolute Gasteiger partial charge is 0.264 e. The number of fused-ring (bicyclic) bond motifs is 2. The molecule has 0 fully saturated rings. The molecule has 1 aliphatic rings. The van der Waals surface area contributed by atoms with Crippen LogP contribution in [0.2, 0.25) is 5.02 Å². The van der Waals surface area contributed by atoms with Gasteiger partial charge in [-0.25, -0.2) is 18.1 Å². The first-order valence-electron chi connectivity index (χ1n) is 11.2. The van der Waals surface area contributed by atoms with Crippen molar-refractivity contribution in [2.75, 3.05) is 7.11 Å². The Morgan fingerprint density at radius 2 is 1.77 bits per heavy atom. The quantitative estimate of drug-likeness (QED) is 0.405. The molecule has 8 heteroatoms. The molecule has 3 aromatic carbocycles. The number of nitrogens with one attached hydrogen (secondary N) is 1. The Morgan fingerprint density at radius 1 is 1.03 bits per heavy atom. The molecule has 0 spiro atoms. The number of benzene rings is 3. The van der Waals surface area contributed by atoms with Gasteiger partial charge < -0.3 is 4.74 Å². The van der Waals surface area contributed by atoms with Crippen molar-refractivity contribution >= 4 is 38.3 Å². The van der Waals surface area contributed by atoms with Crippen LogP contribution in [0.1, 0.15) is 23.2 Å². The van der Waals surface area contributed by atoms with E-state index in [1.54, 1.807) is 48.5 Å². The highest BCUT2D eigenvalue weighted by Crippen LogP contribution is 2.44. The van der Waals surface area contributed by atoms with Crippen molar-refractivity contribution in [2.24, 2.45) is 0 Å². The van der Waals surface area contributed by atoms with Crippen molar-refractivity contribution in [3.05, 3.63) is 101 Å². The Morgan fingerprint density at radius 3 is 2.60 bits per heavy atom. The molecule has 0 saturated heterocycles. The molecule has 0 aliphatic heterocycles. The van der Waals surface area contributed by atoms with Gasteiger partial charge in [0.25, 0.3) is 10.0 Å². The van der Waals surface area contributed by atoms with E-state index in [2.05, 4.69) is 9.71 Å². The van der Waals surface area contributed by atoms with Crippen molar-refractivity contribution in [3.63, 3.8) is 0 Å². The van der Waals surface area contributed by atoms with Gasteiger partial charge >= 0.3 is 0 Å². The maximum absolute atomic E-state index is 13.9. The summed E-state index contributed by atoms with van der Waals surface area (Å²) in [5.41, 5.74) is 1.04.